The van der Waals surface area contributed by atoms with E-state index in [4.69, 9.17) is 4.74 Å². The Morgan fingerprint density at radius 1 is 1.17 bits per heavy atom. The van der Waals surface area contributed by atoms with Gasteiger partial charge in [-0.3, -0.25) is 9.78 Å². The topological polar surface area (TPSA) is 66.5 Å². The highest BCUT2D eigenvalue weighted by Crippen LogP contribution is 2.21. The third-order valence-corrected chi connectivity index (χ3v) is 6.01. The molecule has 30 heavy (non-hydrogen) atoms. The van der Waals surface area contributed by atoms with Crippen molar-refractivity contribution >= 4 is 11.6 Å². The molecule has 2 aromatic rings. The maximum Gasteiger partial charge on any atom is 0.251 e. The second-order valence-electron chi connectivity index (χ2n) is 8.22. The molecule has 1 aliphatic heterocycles. The van der Waals surface area contributed by atoms with Crippen LogP contribution in [-0.4, -0.2) is 54.6 Å². The van der Waals surface area contributed by atoms with Crippen LogP contribution in [0.1, 0.15) is 47.7 Å². The number of likely N-dealkylation sites (tertiary alicyclic amines) is 1. The minimum atomic E-state index is 0.00185. The Bertz CT molecular complexity index is 809. The molecule has 1 saturated heterocycles. The van der Waals surface area contributed by atoms with Crippen molar-refractivity contribution in [1.29, 1.82) is 0 Å². The predicted octanol–water partition coefficient (Wildman–Crippen LogP) is 3.79. The number of hydrogen-bond donors (Lipinski definition) is 2. The summed E-state index contributed by atoms with van der Waals surface area (Å²) >= 11 is 0. The number of nitrogens with one attached hydrogen (secondary N) is 2. The smallest absolute Gasteiger partial charge is 0.251 e. The summed E-state index contributed by atoms with van der Waals surface area (Å²) in [5.41, 5.74) is 3.74. The van der Waals surface area contributed by atoms with Gasteiger partial charge >= 0.3 is 0 Å². The van der Waals surface area contributed by atoms with Crippen molar-refractivity contribution in [3.63, 3.8) is 0 Å². The highest BCUT2D eigenvalue weighted by molar-refractivity contribution is 5.96. The molecule has 1 atom stereocenters. The molecule has 1 fully saturated rings. The van der Waals surface area contributed by atoms with Crippen LogP contribution in [0.3, 0.4) is 0 Å². The zero-order valence-electron chi connectivity index (χ0n) is 18.6. The van der Waals surface area contributed by atoms with E-state index in [-0.39, 0.29) is 5.91 Å². The molecule has 162 valence electrons. The number of pyridine rings is 1. The highest BCUT2D eigenvalue weighted by atomic mass is 16.5. The number of carbonyl (C=O) groups is 1. The molecule has 0 aliphatic carbocycles. The van der Waals surface area contributed by atoms with Crippen LogP contribution in [0.2, 0.25) is 0 Å². The van der Waals surface area contributed by atoms with Gasteiger partial charge in [-0.15, -0.1) is 0 Å². The Morgan fingerprint density at radius 3 is 2.40 bits per heavy atom. The summed E-state index contributed by atoms with van der Waals surface area (Å²) < 4.78 is 5.22. The van der Waals surface area contributed by atoms with Gasteiger partial charge in [-0.05, 0) is 75.4 Å². The molecule has 1 aliphatic rings. The van der Waals surface area contributed by atoms with Crippen LogP contribution in [0.5, 0.6) is 5.75 Å². The van der Waals surface area contributed by atoms with Gasteiger partial charge in [-0.2, -0.15) is 0 Å². The van der Waals surface area contributed by atoms with Crippen molar-refractivity contribution in [2.45, 2.75) is 52.1 Å². The lowest BCUT2D eigenvalue weighted by Gasteiger charge is -2.36. The lowest BCUT2D eigenvalue weighted by Crippen LogP contribution is -2.44. The average molecular weight is 411 g/mol. The van der Waals surface area contributed by atoms with Gasteiger partial charge in [0.15, 0.2) is 0 Å². The fraction of sp³-hybridized carbons (Fsp3) is 0.500. The van der Waals surface area contributed by atoms with E-state index in [2.05, 4.69) is 39.6 Å². The molecule has 1 aromatic heterocycles. The largest absolute Gasteiger partial charge is 0.497 e. The van der Waals surface area contributed by atoms with Crippen LogP contribution < -0.4 is 15.4 Å². The van der Waals surface area contributed by atoms with Gasteiger partial charge in [0.1, 0.15) is 5.75 Å². The van der Waals surface area contributed by atoms with E-state index in [0.717, 1.165) is 60.5 Å². The average Bonchev–Trinajstić information content (AvgIpc) is 2.74. The monoisotopic (exact) mass is 410 g/mol. The number of piperidine rings is 1. The van der Waals surface area contributed by atoms with Gasteiger partial charge in [0.05, 0.1) is 7.11 Å². The summed E-state index contributed by atoms with van der Waals surface area (Å²) in [6.45, 7) is 8.96. The molecule has 0 spiro atoms. The van der Waals surface area contributed by atoms with Crippen LogP contribution in [0, 0.1) is 13.8 Å². The van der Waals surface area contributed by atoms with Gasteiger partial charge in [0, 0.05) is 55.4 Å². The van der Waals surface area contributed by atoms with Crippen LogP contribution in [0.4, 0.5) is 5.69 Å². The third kappa shape index (κ3) is 5.72. The quantitative estimate of drug-likeness (QED) is 0.693. The Labute approximate surface area is 180 Å². The Morgan fingerprint density at radius 2 is 1.80 bits per heavy atom. The number of benzene rings is 1. The normalized spacial score (nSPS) is 16.1. The molecular formula is C24H34N4O2. The number of ether oxygens (including phenoxy) is 1. The second kappa shape index (κ2) is 10.4. The van der Waals surface area contributed by atoms with Crippen molar-refractivity contribution in [2.75, 3.05) is 32.1 Å². The van der Waals surface area contributed by atoms with Crippen molar-refractivity contribution in [2.24, 2.45) is 0 Å². The van der Waals surface area contributed by atoms with E-state index in [1.165, 1.54) is 0 Å². The molecule has 1 unspecified atom stereocenters. The third-order valence-electron chi connectivity index (χ3n) is 6.01. The lowest BCUT2D eigenvalue weighted by atomic mass is 10.0. The lowest BCUT2D eigenvalue weighted by molar-refractivity contribution is 0.0944. The molecule has 2 N–H and O–H groups in total. The number of aromatic nitrogens is 1. The molecular weight excluding hydrogens is 376 g/mol. The molecule has 0 saturated carbocycles. The first-order chi connectivity index (χ1) is 14.5. The SMILES string of the molecule is COc1ccc(NC2CCN(C(C)CCNC(=O)c3c(C)cncc3C)CC2)cc1. The van der Waals surface area contributed by atoms with Gasteiger partial charge < -0.3 is 20.3 Å². The number of nitrogens with zero attached hydrogens (tertiary/aromatic N) is 2. The van der Waals surface area contributed by atoms with Crippen molar-refractivity contribution < 1.29 is 9.53 Å². The van der Waals surface area contributed by atoms with E-state index >= 15 is 0 Å². The predicted molar refractivity (Wildman–Crippen MR) is 121 cm³/mol. The Kier molecular flexibility index (Phi) is 7.69. The minimum Gasteiger partial charge on any atom is -0.497 e. The van der Waals surface area contributed by atoms with E-state index in [9.17, 15) is 4.79 Å². The summed E-state index contributed by atoms with van der Waals surface area (Å²) in [5.74, 6) is 0.882. The van der Waals surface area contributed by atoms with Crippen LogP contribution in [0.25, 0.3) is 0 Å². The van der Waals surface area contributed by atoms with E-state index < -0.39 is 0 Å². The van der Waals surface area contributed by atoms with Gasteiger partial charge in [0.2, 0.25) is 0 Å². The zero-order valence-corrected chi connectivity index (χ0v) is 18.6. The summed E-state index contributed by atoms with van der Waals surface area (Å²) in [4.78, 5) is 19.2. The standard InChI is InChI=1S/C24H34N4O2/c1-17-15-25-16-18(2)23(17)24(29)26-12-9-19(3)28-13-10-21(11-14-28)27-20-5-7-22(30-4)8-6-20/h5-8,15-16,19,21,27H,9-14H2,1-4H3,(H,26,29). The fourth-order valence-electron chi connectivity index (χ4n) is 4.13. The van der Waals surface area contributed by atoms with Gasteiger partial charge in [-0.25, -0.2) is 0 Å². The molecule has 6 nitrogen and oxygen atoms in total. The van der Waals surface area contributed by atoms with E-state index in [0.29, 0.717) is 18.6 Å². The maximum absolute atomic E-state index is 12.5. The molecule has 3 rings (SSSR count). The number of rotatable bonds is 8. The molecule has 0 radical (unpaired) electrons. The highest BCUT2D eigenvalue weighted by Gasteiger charge is 2.23. The van der Waals surface area contributed by atoms with Crippen molar-refractivity contribution in [3.05, 3.63) is 53.3 Å². The first-order valence-corrected chi connectivity index (χ1v) is 10.8. The van der Waals surface area contributed by atoms with Crippen LogP contribution in [0.15, 0.2) is 36.7 Å². The number of hydrogen-bond acceptors (Lipinski definition) is 5. The first-order valence-electron chi connectivity index (χ1n) is 10.8. The summed E-state index contributed by atoms with van der Waals surface area (Å²) in [7, 11) is 1.69. The summed E-state index contributed by atoms with van der Waals surface area (Å²) in [6.07, 6.45) is 6.69. The fourth-order valence-corrected chi connectivity index (χ4v) is 4.13. The second-order valence-corrected chi connectivity index (χ2v) is 8.22. The maximum atomic E-state index is 12.5. The minimum absolute atomic E-state index is 0.00185. The van der Waals surface area contributed by atoms with Crippen LogP contribution in [-0.2, 0) is 0 Å². The number of aryl methyl sites for hydroxylation is 2. The Balaban J connectivity index is 1.39. The molecule has 1 aromatic carbocycles. The van der Waals surface area contributed by atoms with Gasteiger partial charge in [0.25, 0.3) is 5.91 Å². The first kappa shape index (κ1) is 22.1. The van der Waals surface area contributed by atoms with Crippen LogP contribution >= 0.6 is 0 Å². The molecule has 2 heterocycles. The van der Waals surface area contributed by atoms with E-state index in [1.807, 2.05) is 26.0 Å². The number of anilines is 1. The van der Waals surface area contributed by atoms with Crippen molar-refractivity contribution in [3.8, 4) is 5.75 Å². The Hall–Kier alpha value is -2.60. The molecule has 6 heteroatoms. The number of methoxy groups -OCH3 is 1. The van der Waals surface area contributed by atoms with E-state index in [1.54, 1.807) is 19.5 Å². The zero-order chi connectivity index (χ0) is 21.5. The number of carbonyl (C=O) groups excluding carboxylic acids is 1. The summed E-state index contributed by atoms with van der Waals surface area (Å²) in [5, 5.41) is 6.72. The van der Waals surface area contributed by atoms with Gasteiger partial charge in [-0.1, -0.05) is 0 Å². The van der Waals surface area contributed by atoms with Crippen molar-refractivity contribution in [1.82, 2.24) is 15.2 Å². The molecule has 0 bridgehead atoms. The molecule has 1 amide bonds. The number of amides is 1. The summed E-state index contributed by atoms with van der Waals surface area (Å²) in [6, 6.07) is 9.07.